The van der Waals surface area contributed by atoms with Crippen LogP contribution in [-0.2, 0) is 33.3 Å². The van der Waals surface area contributed by atoms with E-state index in [0.717, 1.165) is 19.3 Å². The molecule has 7 atom stereocenters. The van der Waals surface area contributed by atoms with Crippen LogP contribution in [0.5, 0.6) is 0 Å². The summed E-state index contributed by atoms with van der Waals surface area (Å²) in [5.41, 5.74) is 0. The first-order chi connectivity index (χ1) is 15.9. The lowest BCUT2D eigenvalue weighted by molar-refractivity contribution is -0.345. The van der Waals surface area contributed by atoms with Crippen LogP contribution in [0.4, 0.5) is 0 Å². The molecular weight excluding hydrogens is 430 g/mol. The van der Waals surface area contributed by atoms with Gasteiger partial charge in [-0.25, -0.2) is 4.79 Å². The van der Waals surface area contributed by atoms with Gasteiger partial charge in [0.25, 0.3) is 0 Å². The molecule has 2 N–H and O–H groups in total. The molecule has 0 spiro atoms. The van der Waals surface area contributed by atoms with E-state index in [1.54, 1.807) is 0 Å². The molecule has 0 aromatic carbocycles. The second-order valence-corrected chi connectivity index (χ2v) is 9.07. The van der Waals surface area contributed by atoms with Crippen molar-refractivity contribution < 1.29 is 38.4 Å². The van der Waals surface area contributed by atoms with Crippen molar-refractivity contribution in [2.24, 2.45) is 0 Å². The number of hydrogen-bond acceptors (Lipinski definition) is 7. The third kappa shape index (κ3) is 9.13. The maximum atomic E-state index is 11.8. The Bertz CT molecular complexity index is 589. The fourth-order valence-electron chi connectivity index (χ4n) is 4.44. The van der Waals surface area contributed by atoms with Gasteiger partial charge < -0.3 is 34.1 Å². The summed E-state index contributed by atoms with van der Waals surface area (Å²) in [4.78, 5) is 23.2. The Hall–Kier alpha value is -1.26. The average molecular weight is 474 g/mol. The van der Waals surface area contributed by atoms with Crippen molar-refractivity contribution in [1.29, 1.82) is 0 Å². The van der Waals surface area contributed by atoms with Gasteiger partial charge in [-0.3, -0.25) is 4.79 Å². The predicted octanol–water partition coefficient (Wildman–Crippen LogP) is 3.38. The van der Waals surface area contributed by atoms with E-state index in [-0.39, 0.29) is 5.91 Å². The van der Waals surface area contributed by atoms with Crippen LogP contribution in [-0.4, -0.2) is 73.7 Å². The van der Waals surface area contributed by atoms with E-state index < -0.39 is 49.0 Å². The predicted molar refractivity (Wildman–Crippen MR) is 122 cm³/mol. The highest BCUT2D eigenvalue weighted by atomic mass is 16.7. The Balaban J connectivity index is 1.90. The summed E-state index contributed by atoms with van der Waals surface area (Å²) in [6, 6.07) is -0.706. The van der Waals surface area contributed by atoms with Crippen molar-refractivity contribution in [1.82, 2.24) is 5.32 Å². The second kappa shape index (κ2) is 14.9. The van der Waals surface area contributed by atoms with Gasteiger partial charge >= 0.3 is 5.97 Å². The normalized spacial score (nSPS) is 30.4. The van der Waals surface area contributed by atoms with Gasteiger partial charge in [0.2, 0.25) is 5.91 Å². The molecule has 192 valence electrons. The number of aliphatic carboxylic acids is 1. The minimum absolute atomic E-state index is 0.292. The molecule has 0 bridgehead atoms. The topological polar surface area (TPSA) is 113 Å². The maximum absolute atomic E-state index is 11.8. The summed E-state index contributed by atoms with van der Waals surface area (Å²) in [7, 11) is 1.47. The first kappa shape index (κ1) is 28.0. The zero-order valence-corrected chi connectivity index (χ0v) is 20.6. The van der Waals surface area contributed by atoms with Crippen LogP contribution >= 0.6 is 0 Å². The molecule has 2 aliphatic heterocycles. The Morgan fingerprint density at radius 1 is 1.06 bits per heavy atom. The van der Waals surface area contributed by atoms with E-state index in [4.69, 9.17) is 23.7 Å². The zero-order valence-electron chi connectivity index (χ0n) is 20.6. The van der Waals surface area contributed by atoms with Crippen molar-refractivity contribution in [3.63, 3.8) is 0 Å². The summed E-state index contributed by atoms with van der Waals surface area (Å²) < 4.78 is 29.3. The SMILES string of the molecule is CCCCCCCCCCCC1OC[C@H]2O[C@H](OC)[C@H](NC(C)=O)[C@@H](OC(C)C(=O)O)[C@@H]2O1. The number of methoxy groups -OCH3 is 1. The van der Waals surface area contributed by atoms with Crippen LogP contribution in [0.15, 0.2) is 0 Å². The highest BCUT2D eigenvalue weighted by molar-refractivity contribution is 5.73. The molecule has 2 rings (SSSR count). The zero-order chi connectivity index (χ0) is 24.2. The molecule has 2 aliphatic rings. The number of carbonyl (C=O) groups is 2. The van der Waals surface area contributed by atoms with E-state index in [0.29, 0.717) is 6.61 Å². The number of rotatable bonds is 15. The molecule has 0 aromatic rings. The van der Waals surface area contributed by atoms with Crippen molar-refractivity contribution in [3.8, 4) is 0 Å². The van der Waals surface area contributed by atoms with Crippen molar-refractivity contribution >= 4 is 11.9 Å². The monoisotopic (exact) mass is 473 g/mol. The van der Waals surface area contributed by atoms with Gasteiger partial charge in [-0.05, 0) is 19.8 Å². The first-order valence-electron chi connectivity index (χ1n) is 12.5. The number of carboxylic acids is 1. The lowest BCUT2D eigenvalue weighted by atomic mass is 9.95. The summed E-state index contributed by atoms with van der Waals surface area (Å²) in [5.74, 6) is -1.38. The molecule has 0 aromatic heterocycles. The standard InChI is InChI=1S/C24H43NO8/c1-5-6-7-8-9-10-11-12-13-14-19-30-15-18-21(33-19)22(31-16(2)23(27)28)20(25-17(3)26)24(29-4)32-18/h16,18-22,24H,5-15H2,1-4H3,(H,25,26)(H,27,28)/t16?,18-,19?,20-,21-,22-,24+/m1/s1. The van der Waals surface area contributed by atoms with Gasteiger partial charge in [-0.1, -0.05) is 58.3 Å². The van der Waals surface area contributed by atoms with Gasteiger partial charge in [0, 0.05) is 14.0 Å². The Labute approximate surface area is 197 Å². The number of hydrogen-bond donors (Lipinski definition) is 2. The number of unbranched alkanes of at least 4 members (excludes halogenated alkanes) is 8. The molecule has 2 fully saturated rings. The van der Waals surface area contributed by atoms with Gasteiger partial charge in [0.1, 0.15) is 24.4 Å². The summed E-state index contributed by atoms with van der Waals surface area (Å²) in [5, 5.41) is 12.1. The highest BCUT2D eigenvalue weighted by Crippen LogP contribution is 2.32. The first-order valence-corrected chi connectivity index (χ1v) is 12.5. The fourth-order valence-corrected chi connectivity index (χ4v) is 4.44. The van der Waals surface area contributed by atoms with E-state index >= 15 is 0 Å². The largest absolute Gasteiger partial charge is 0.479 e. The van der Waals surface area contributed by atoms with Crippen LogP contribution in [0.25, 0.3) is 0 Å². The van der Waals surface area contributed by atoms with Gasteiger partial charge in [0.05, 0.1) is 6.61 Å². The molecule has 33 heavy (non-hydrogen) atoms. The molecule has 1 amide bonds. The number of carboxylic acid groups (broad SMARTS) is 1. The number of carbonyl (C=O) groups excluding carboxylic acids is 1. The van der Waals surface area contributed by atoms with Crippen LogP contribution in [0.2, 0.25) is 0 Å². The fraction of sp³-hybridized carbons (Fsp3) is 0.917. The summed E-state index contributed by atoms with van der Waals surface area (Å²) in [6.45, 7) is 5.36. The van der Waals surface area contributed by atoms with E-state index in [2.05, 4.69) is 12.2 Å². The molecule has 9 heteroatoms. The molecule has 2 unspecified atom stereocenters. The van der Waals surface area contributed by atoms with Crippen LogP contribution in [0.3, 0.4) is 0 Å². The number of ether oxygens (including phenoxy) is 5. The maximum Gasteiger partial charge on any atom is 0.332 e. The summed E-state index contributed by atoms with van der Waals surface area (Å²) in [6.07, 6.45) is 7.76. The highest BCUT2D eigenvalue weighted by Gasteiger charge is 2.51. The van der Waals surface area contributed by atoms with Crippen molar-refractivity contribution in [2.75, 3.05) is 13.7 Å². The number of amides is 1. The summed E-state index contributed by atoms with van der Waals surface area (Å²) >= 11 is 0. The van der Waals surface area contributed by atoms with E-state index in [9.17, 15) is 14.7 Å². The van der Waals surface area contributed by atoms with Gasteiger partial charge in [-0.2, -0.15) is 0 Å². The van der Waals surface area contributed by atoms with Crippen LogP contribution in [0.1, 0.15) is 85.0 Å². The lowest BCUT2D eigenvalue weighted by Crippen LogP contribution is -2.68. The van der Waals surface area contributed by atoms with Crippen molar-refractivity contribution in [2.45, 2.75) is 128 Å². The second-order valence-electron chi connectivity index (χ2n) is 9.07. The Kier molecular flexibility index (Phi) is 12.6. The van der Waals surface area contributed by atoms with E-state index in [1.807, 2.05) is 0 Å². The minimum Gasteiger partial charge on any atom is -0.479 e. The third-order valence-electron chi connectivity index (χ3n) is 6.26. The lowest BCUT2D eigenvalue weighted by Gasteiger charge is -2.49. The molecule has 0 radical (unpaired) electrons. The van der Waals surface area contributed by atoms with E-state index in [1.165, 1.54) is 65.9 Å². The van der Waals surface area contributed by atoms with Gasteiger partial charge in [-0.15, -0.1) is 0 Å². The van der Waals surface area contributed by atoms with Gasteiger partial charge in [0.15, 0.2) is 18.7 Å². The number of nitrogens with one attached hydrogen (secondary N) is 1. The smallest absolute Gasteiger partial charge is 0.332 e. The van der Waals surface area contributed by atoms with Crippen molar-refractivity contribution in [3.05, 3.63) is 0 Å². The molecule has 0 saturated carbocycles. The molecular formula is C24H43NO8. The molecule has 2 heterocycles. The molecule has 9 nitrogen and oxygen atoms in total. The van der Waals surface area contributed by atoms with Crippen LogP contribution < -0.4 is 5.32 Å². The third-order valence-corrected chi connectivity index (χ3v) is 6.26. The number of fused-ring (bicyclic) bond motifs is 1. The Morgan fingerprint density at radius 3 is 2.27 bits per heavy atom. The minimum atomic E-state index is -1.09. The average Bonchev–Trinajstić information content (AvgIpc) is 2.78. The Morgan fingerprint density at radius 2 is 1.70 bits per heavy atom. The molecule has 0 aliphatic carbocycles. The van der Waals surface area contributed by atoms with Crippen LogP contribution in [0, 0.1) is 0 Å². The quantitative estimate of drug-likeness (QED) is 0.348. The molecule has 2 saturated heterocycles.